The van der Waals surface area contributed by atoms with Crippen LogP contribution in [0.5, 0.6) is 0 Å². The Labute approximate surface area is 59.2 Å². The van der Waals surface area contributed by atoms with Gasteiger partial charge in [-0.2, -0.15) is 0 Å². The van der Waals surface area contributed by atoms with E-state index in [1.807, 2.05) is 6.92 Å². The lowest BCUT2D eigenvalue weighted by molar-refractivity contribution is 0.565. The standard InChI is InChI=1S/C6H9N3O/c1-2-3-4-6(5-10)8-9-7/h2-4H2,1H3. The molecule has 0 spiro atoms. The minimum Gasteiger partial charge on any atom is -0.233 e. The summed E-state index contributed by atoms with van der Waals surface area (Å²) in [5.41, 5.74) is 8.10. The molecule has 0 aromatic heterocycles. The average molecular weight is 139 g/mol. The number of nitrogens with zero attached hydrogens (tertiary/aromatic N) is 3. The van der Waals surface area contributed by atoms with Crippen LogP contribution in [-0.2, 0) is 4.79 Å². The topological polar surface area (TPSA) is 65.8 Å². The SMILES string of the molecule is CCCCC(=C=O)N=[N+]=[N-]. The Bertz CT molecular complexity index is 187. The first-order valence-corrected chi connectivity index (χ1v) is 3.14. The van der Waals surface area contributed by atoms with E-state index in [9.17, 15) is 4.79 Å². The van der Waals surface area contributed by atoms with E-state index in [-0.39, 0.29) is 5.70 Å². The maximum absolute atomic E-state index is 9.97. The largest absolute Gasteiger partial charge is 0.233 e. The van der Waals surface area contributed by atoms with Crippen molar-refractivity contribution in [3.8, 4) is 0 Å². The van der Waals surface area contributed by atoms with Crippen molar-refractivity contribution < 1.29 is 4.79 Å². The quantitative estimate of drug-likeness (QED) is 0.255. The number of rotatable bonds is 4. The fraction of sp³-hybridized carbons (Fsp3) is 0.667. The molecule has 0 heterocycles. The van der Waals surface area contributed by atoms with Crippen LogP contribution < -0.4 is 0 Å². The first kappa shape index (κ1) is 8.76. The van der Waals surface area contributed by atoms with E-state index in [0.717, 1.165) is 12.8 Å². The Morgan fingerprint density at radius 3 is 2.90 bits per heavy atom. The van der Waals surface area contributed by atoms with Crippen LogP contribution in [0.3, 0.4) is 0 Å². The molecule has 0 aromatic rings. The third-order valence-electron chi connectivity index (χ3n) is 1.05. The van der Waals surface area contributed by atoms with Crippen molar-refractivity contribution in [2.24, 2.45) is 5.11 Å². The van der Waals surface area contributed by atoms with Gasteiger partial charge in [0.1, 0.15) is 5.94 Å². The summed E-state index contributed by atoms with van der Waals surface area (Å²) in [6.07, 6.45) is 2.37. The molecular formula is C6H9N3O. The molecule has 0 bridgehead atoms. The summed E-state index contributed by atoms with van der Waals surface area (Å²) < 4.78 is 0. The Morgan fingerprint density at radius 1 is 1.80 bits per heavy atom. The first-order chi connectivity index (χ1) is 4.85. The molecule has 0 N–H and O–H groups in total. The molecule has 10 heavy (non-hydrogen) atoms. The van der Waals surface area contributed by atoms with Crippen molar-refractivity contribution in [1.82, 2.24) is 0 Å². The fourth-order valence-electron chi connectivity index (χ4n) is 0.520. The second kappa shape index (κ2) is 5.89. The van der Waals surface area contributed by atoms with Crippen molar-refractivity contribution in [2.45, 2.75) is 26.2 Å². The molecule has 0 aliphatic rings. The third-order valence-corrected chi connectivity index (χ3v) is 1.05. The van der Waals surface area contributed by atoms with Crippen LogP contribution >= 0.6 is 0 Å². The number of azide groups is 1. The highest BCUT2D eigenvalue weighted by molar-refractivity contribution is 5.51. The van der Waals surface area contributed by atoms with Gasteiger partial charge in [0.25, 0.3) is 0 Å². The highest BCUT2D eigenvalue weighted by atomic mass is 16.1. The van der Waals surface area contributed by atoms with Crippen molar-refractivity contribution in [3.63, 3.8) is 0 Å². The zero-order chi connectivity index (χ0) is 7.82. The van der Waals surface area contributed by atoms with Crippen molar-refractivity contribution >= 4 is 5.94 Å². The molecule has 0 unspecified atom stereocenters. The van der Waals surface area contributed by atoms with Crippen molar-refractivity contribution in [1.29, 1.82) is 0 Å². The van der Waals surface area contributed by atoms with Gasteiger partial charge in [-0.15, -0.1) is 0 Å². The molecule has 0 radical (unpaired) electrons. The minimum atomic E-state index is 0.171. The van der Waals surface area contributed by atoms with E-state index in [4.69, 9.17) is 5.53 Å². The second-order valence-electron chi connectivity index (χ2n) is 1.84. The van der Waals surface area contributed by atoms with Gasteiger partial charge in [-0.25, -0.2) is 4.79 Å². The zero-order valence-electron chi connectivity index (χ0n) is 5.87. The van der Waals surface area contributed by atoms with Gasteiger partial charge < -0.3 is 0 Å². The molecule has 0 aliphatic heterocycles. The van der Waals surface area contributed by atoms with E-state index in [1.54, 1.807) is 5.94 Å². The average Bonchev–Trinajstić information content (AvgIpc) is 1.98. The van der Waals surface area contributed by atoms with Gasteiger partial charge in [-0.1, -0.05) is 18.5 Å². The molecule has 0 fully saturated rings. The summed E-state index contributed by atoms with van der Waals surface area (Å²) in [4.78, 5) is 12.5. The van der Waals surface area contributed by atoms with Crippen LogP contribution in [-0.4, -0.2) is 5.94 Å². The lowest BCUT2D eigenvalue weighted by Gasteiger charge is -1.89. The zero-order valence-corrected chi connectivity index (χ0v) is 5.87. The fourth-order valence-corrected chi connectivity index (χ4v) is 0.520. The molecule has 0 atom stereocenters. The van der Waals surface area contributed by atoms with Crippen molar-refractivity contribution in [3.05, 3.63) is 16.1 Å². The predicted molar refractivity (Wildman–Crippen MR) is 37.9 cm³/mol. The predicted octanol–water partition coefficient (Wildman–Crippen LogP) is 2.20. The molecule has 0 rings (SSSR count). The summed E-state index contributed by atoms with van der Waals surface area (Å²) in [6.45, 7) is 2.00. The normalized spacial score (nSPS) is 7.70. The smallest absolute Gasteiger partial charge is 0.130 e. The van der Waals surface area contributed by atoms with E-state index in [2.05, 4.69) is 10.0 Å². The van der Waals surface area contributed by atoms with Crippen LogP contribution in [0.25, 0.3) is 10.4 Å². The van der Waals surface area contributed by atoms with Gasteiger partial charge in [0.2, 0.25) is 0 Å². The molecule has 0 saturated carbocycles. The van der Waals surface area contributed by atoms with E-state index >= 15 is 0 Å². The number of hydrogen-bond donors (Lipinski definition) is 0. The van der Waals surface area contributed by atoms with Crippen molar-refractivity contribution in [2.75, 3.05) is 0 Å². The molecule has 4 heteroatoms. The molecular weight excluding hydrogens is 130 g/mol. The summed E-state index contributed by atoms with van der Waals surface area (Å²) in [6, 6.07) is 0. The van der Waals surface area contributed by atoms with E-state index in [1.165, 1.54) is 0 Å². The van der Waals surface area contributed by atoms with Gasteiger partial charge in [0, 0.05) is 4.91 Å². The van der Waals surface area contributed by atoms with Crippen LogP contribution in [0.4, 0.5) is 0 Å². The Hall–Kier alpha value is -1.24. The monoisotopic (exact) mass is 139 g/mol. The molecule has 4 nitrogen and oxygen atoms in total. The molecule has 0 amide bonds. The van der Waals surface area contributed by atoms with Gasteiger partial charge in [0.15, 0.2) is 0 Å². The maximum Gasteiger partial charge on any atom is 0.130 e. The Balaban J connectivity index is 3.86. The summed E-state index contributed by atoms with van der Waals surface area (Å²) in [5, 5.41) is 3.15. The van der Waals surface area contributed by atoms with Gasteiger partial charge in [0.05, 0.1) is 5.70 Å². The van der Waals surface area contributed by atoms with Gasteiger partial charge in [-0.05, 0) is 18.4 Å². The summed E-state index contributed by atoms with van der Waals surface area (Å²) in [7, 11) is 0. The van der Waals surface area contributed by atoms with Crippen LogP contribution in [0.1, 0.15) is 26.2 Å². The number of carbonyl (C=O) groups excluding carboxylic acids is 1. The number of hydrogen-bond acceptors (Lipinski definition) is 2. The number of allylic oxidation sites excluding steroid dienone is 1. The maximum atomic E-state index is 9.97. The highest BCUT2D eigenvalue weighted by Gasteiger charge is 1.91. The van der Waals surface area contributed by atoms with Crippen LogP contribution in [0.2, 0.25) is 0 Å². The number of unbranched alkanes of at least 4 members (excludes halogenated alkanes) is 1. The lowest BCUT2D eigenvalue weighted by atomic mass is 10.2. The first-order valence-electron chi connectivity index (χ1n) is 3.14. The van der Waals surface area contributed by atoms with Crippen LogP contribution in [0.15, 0.2) is 10.8 Å². The van der Waals surface area contributed by atoms with Gasteiger partial charge in [-0.3, -0.25) is 0 Å². The van der Waals surface area contributed by atoms with E-state index in [0.29, 0.717) is 6.42 Å². The molecule has 0 aromatic carbocycles. The van der Waals surface area contributed by atoms with Gasteiger partial charge >= 0.3 is 0 Å². The molecule has 54 valence electrons. The second-order valence-corrected chi connectivity index (χ2v) is 1.84. The lowest BCUT2D eigenvalue weighted by Crippen LogP contribution is -1.77. The Kier molecular flexibility index (Phi) is 5.16. The third kappa shape index (κ3) is 3.72. The molecule has 0 aliphatic carbocycles. The van der Waals surface area contributed by atoms with E-state index < -0.39 is 0 Å². The summed E-state index contributed by atoms with van der Waals surface area (Å²) >= 11 is 0. The minimum absolute atomic E-state index is 0.171. The highest BCUT2D eigenvalue weighted by Crippen LogP contribution is 2.04. The Morgan fingerprint density at radius 2 is 2.50 bits per heavy atom. The summed E-state index contributed by atoms with van der Waals surface area (Å²) in [5.74, 6) is 1.58. The molecule has 0 saturated heterocycles. The van der Waals surface area contributed by atoms with Crippen LogP contribution in [0, 0.1) is 0 Å².